The Balaban J connectivity index is 1.86. The van der Waals surface area contributed by atoms with Crippen LogP contribution in [-0.2, 0) is 6.42 Å². The Bertz CT molecular complexity index is 651. The minimum atomic E-state index is 0.486. The van der Waals surface area contributed by atoms with Gasteiger partial charge in [-0.15, -0.1) is 0 Å². The van der Waals surface area contributed by atoms with E-state index >= 15 is 0 Å². The molecule has 3 rings (SSSR count). The van der Waals surface area contributed by atoms with E-state index in [-0.39, 0.29) is 0 Å². The van der Waals surface area contributed by atoms with Crippen molar-refractivity contribution in [1.29, 1.82) is 0 Å². The normalized spacial score (nSPS) is 15.2. The van der Waals surface area contributed by atoms with Crippen molar-refractivity contribution in [2.45, 2.75) is 38.6 Å². The zero-order valence-electron chi connectivity index (χ0n) is 14.5. The highest BCUT2D eigenvalue weighted by molar-refractivity contribution is 5.59. The molecule has 2 heterocycles. The minimum Gasteiger partial charge on any atom is -0.497 e. The fourth-order valence-electron chi connectivity index (χ4n) is 3.00. The maximum absolute atomic E-state index is 5.23. The Hall–Kier alpha value is -2.14. The van der Waals surface area contributed by atoms with Crippen molar-refractivity contribution in [3.8, 4) is 17.1 Å². The lowest BCUT2D eigenvalue weighted by atomic mass is 10.1. The van der Waals surface area contributed by atoms with Gasteiger partial charge in [0, 0.05) is 23.4 Å². The zero-order valence-corrected chi connectivity index (χ0v) is 14.5. The summed E-state index contributed by atoms with van der Waals surface area (Å²) in [5.41, 5.74) is 2.11. The molecule has 1 aromatic heterocycles. The number of anilines is 1. The average molecular weight is 326 g/mol. The molecule has 24 heavy (non-hydrogen) atoms. The highest BCUT2D eigenvalue weighted by Gasteiger charge is 2.14. The number of nitrogens with zero attached hydrogens (tertiary/aromatic N) is 2. The largest absolute Gasteiger partial charge is 0.497 e. The third-order valence-electron chi connectivity index (χ3n) is 4.32. The van der Waals surface area contributed by atoms with Crippen molar-refractivity contribution in [3.63, 3.8) is 0 Å². The van der Waals surface area contributed by atoms with Crippen LogP contribution in [0.4, 0.5) is 5.82 Å². The number of methoxy groups -OCH3 is 1. The van der Waals surface area contributed by atoms with Crippen LogP contribution in [0.1, 0.15) is 31.9 Å². The van der Waals surface area contributed by atoms with Crippen LogP contribution >= 0.6 is 0 Å². The van der Waals surface area contributed by atoms with Gasteiger partial charge in [-0.05, 0) is 56.6 Å². The van der Waals surface area contributed by atoms with E-state index in [9.17, 15) is 0 Å². The fourth-order valence-corrected chi connectivity index (χ4v) is 3.00. The van der Waals surface area contributed by atoms with Crippen LogP contribution in [0.3, 0.4) is 0 Å². The second kappa shape index (κ2) is 8.11. The number of hydrogen-bond donors (Lipinski definition) is 2. The summed E-state index contributed by atoms with van der Waals surface area (Å²) in [6.45, 7) is 4.31. The van der Waals surface area contributed by atoms with E-state index < -0.39 is 0 Å². The summed E-state index contributed by atoms with van der Waals surface area (Å²) in [5.74, 6) is 2.56. The van der Waals surface area contributed by atoms with Gasteiger partial charge in [-0.1, -0.05) is 13.3 Å². The molecular formula is C19H26N4O. The number of hydrogen-bond acceptors (Lipinski definition) is 5. The molecule has 0 aliphatic carbocycles. The van der Waals surface area contributed by atoms with Crippen molar-refractivity contribution in [2.75, 3.05) is 25.5 Å². The maximum atomic E-state index is 5.23. The quantitative estimate of drug-likeness (QED) is 0.853. The Labute approximate surface area is 143 Å². The van der Waals surface area contributed by atoms with Gasteiger partial charge < -0.3 is 15.4 Å². The van der Waals surface area contributed by atoms with E-state index in [2.05, 4.69) is 23.6 Å². The van der Waals surface area contributed by atoms with Gasteiger partial charge in [0.05, 0.1) is 7.11 Å². The third-order valence-corrected chi connectivity index (χ3v) is 4.32. The predicted molar refractivity (Wildman–Crippen MR) is 97.5 cm³/mol. The van der Waals surface area contributed by atoms with E-state index in [1.54, 1.807) is 7.11 Å². The highest BCUT2D eigenvalue weighted by Crippen LogP contribution is 2.22. The van der Waals surface area contributed by atoms with E-state index in [4.69, 9.17) is 14.7 Å². The van der Waals surface area contributed by atoms with E-state index in [0.29, 0.717) is 6.04 Å². The summed E-state index contributed by atoms with van der Waals surface area (Å²) in [5, 5.41) is 6.99. The molecule has 1 aliphatic rings. The van der Waals surface area contributed by atoms with Gasteiger partial charge in [-0.25, -0.2) is 9.97 Å². The Morgan fingerprint density at radius 3 is 2.58 bits per heavy atom. The number of ether oxygens (including phenoxy) is 1. The Morgan fingerprint density at radius 1 is 1.17 bits per heavy atom. The van der Waals surface area contributed by atoms with Crippen LogP contribution in [0.15, 0.2) is 30.3 Å². The number of aryl methyl sites for hydroxylation is 1. The average Bonchev–Trinajstić information content (AvgIpc) is 2.63. The smallest absolute Gasteiger partial charge is 0.161 e. The van der Waals surface area contributed by atoms with Crippen molar-refractivity contribution in [3.05, 3.63) is 36.0 Å². The van der Waals surface area contributed by atoms with Crippen molar-refractivity contribution < 1.29 is 4.74 Å². The molecule has 0 spiro atoms. The predicted octanol–water partition coefficient (Wildman–Crippen LogP) is 3.27. The van der Waals surface area contributed by atoms with Gasteiger partial charge in [0.25, 0.3) is 0 Å². The molecule has 1 saturated heterocycles. The van der Waals surface area contributed by atoms with Crippen molar-refractivity contribution in [1.82, 2.24) is 15.3 Å². The minimum absolute atomic E-state index is 0.486. The summed E-state index contributed by atoms with van der Waals surface area (Å²) in [4.78, 5) is 9.49. The second-order valence-electron chi connectivity index (χ2n) is 6.22. The number of aromatic nitrogens is 2. The number of piperidine rings is 1. The molecule has 0 amide bonds. The standard InChI is InChI=1S/C19H26N4O/c1-3-4-16-13-18(21-15-9-11-20-12-10-15)23-19(22-16)14-5-7-17(24-2)8-6-14/h5-8,13,15,20H,3-4,9-12H2,1-2H3,(H,21,22,23). The highest BCUT2D eigenvalue weighted by atomic mass is 16.5. The molecule has 5 heteroatoms. The lowest BCUT2D eigenvalue weighted by molar-refractivity contribution is 0.415. The number of rotatable bonds is 6. The maximum Gasteiger partial charge on any atom is 0.161 e. The third kappa shape index (κ3) is 4.23. The van der Waals surface area contributed by atoms with Crippen LogP contribution in [0, 0.1) is 0 Å². The lowest BCUT2D eigenvalue weighted by Gasteiger charge is -2.24. The molecule has 0 radical (unpaired) electrons. The van der Waals surface area contributed by atoms with Gasteiger partial charge in [0.2, 0.25) is 0 Å². The summed E-state index contributed by atoms with van der Waals surface area (Å²) >= 11 is 0. The molecule has 0 unspecified atom stereocenters. The monoisotopic (exact) mass is 326 g/mol. The van der Waals surface area contributed by atoms with Gasteiger partial charge in [-0.2, -0.15) is 0 Å². The van der Waals surface area contributed by atoms with Gasteiger partial charge in [0.15, 0.2) is 5.82 Å². The first-order chi connectivity index (χ1) is 11.8. The second-order valence-corrected chi connectivity index (χ2v) is 6.22. The van der Waals surface area contributed by atoms with Crippen molar-refractivity contribution >= 4 is 5.82 Å². The molecule has 128 valence electrons. The Morgan fingerprint density at radius 2 is 1.92 bits per heavy atom. The zero-order chi connectivity index (χ0) is 16.8. The van der Waals surface area contributed by atoms with E-state index in [0.717, 1.165) is 67.4 Å². The molecule has 1 aromatic carbocycles. The molecular weight excluding hydrogens is 300 g/mol. The summed E-state index contributed by atoms with van der Waals surface area (Å²) in [6.07, 6.45) is 4.30. The molecule has 0 saturated carbocycles. The topological polar surface area (TPSA) is 59.1 Å². The van der Waals surface area contributed by atoms with Crippen molar-refractivity contribution in [2.24, 2.45) is 0 Å². The first-order valence-corrected chi connectivity index (χ1v) is 8.78. The van der Waals surface area contributed by atoms with Gasteiger partial charge in [-0.3, -0.25) is 0 Å². The molecule has 5 nitrogen and oxygen atoms in total. The molecule has 2 N–H and O–H groups in total. The lowest BCUT2D eigenvalue weighted by Crippen LogP contribution is -2.35. The SMILES string of the molecule is CCCc1cc(NC2CCNCC2)nc(-c2ccc(OC)cc2)n1. The molecule has 0 bridgehead atoms. The number of benzene rings is 1. The van der Waals surface area contributed by atoms with Crippen LogP contribution in [0.5, 0.6) is 5.75 Å². The summed E-state index contributed by atoms with van der Waals surface area (Å²) in [7, 11) is 1.68. The fraction of sp³-hybridized carbons (Fsp3) is 0.474. The molecule has 2 aromatic rings. The van der Waals surface area contributed by atoms with E-state index in [1.165, 1.54) is 0 Å². The Kier molecular flexibility index (Phi) is 5.64. The summed E-state index contributed by atoms with van der Waals surface area (Å²) in [6, 6.07) is 10.5. The van der Waals surface area contributed by atoms with Crippen LogP contribution in [-0.4, -0.2) is 36.2 Å². The molecule has 1 aliphatic heterocycles. The molecule has 0 atom stereocenters. The number of nitrogens with one attached hydrogen (secondary N) is 2. The van der Waals surface area contributed by atoms with Gasteiger partial charge >= 0.3 is 0 Å². The van der Waals surface area contributed by atoms with Crippen LogP contribution < -0.4 is 15.4 Å². The first kappa shape index (κ1) is 16.7. The molecule has 1 fully saturated rings. The van der Waals surface area contributed by atoms with Crippen LogP contribution in [0.2, 0.25) is 0 Å². The summed E-state index contributed by atoms with van der Waals surface area (Å²) < 4.78 is 5.23. The van der Waals surface area contributed by atoms with Gasteiger partial charge in [0.1, 0.15) is 11.6 Å². The first-order valence-electron chi connectivity index (χ1n) is 8.78. The van der Waals surface area contributed by atoms with E-state index in [1.807, 2.05) is 24.3 Å². The van der Waals surface area contributed by atoms with Crippen LogP contribution in [0.25, 0.3) is 11.4 Å².